The summed E-state index contributed by atoms with van der Waals surface area (Å²) in [7, 11) is 1.75. The van der Waals surface area contributed by atoms with Gasteiger partial charge in [0.1, 0.15) is 0 Å². The average Bonchev–Trinajstić information content (AvgIpc) is 2.45. The largest absolute Gasteiger partial charge is 0.399 e. The zero-order chi connectivity index (χ0) is 13.7. The van der Waals surface area contributed by atoms with Crippen LogP contribution in [0.3, 0.4) is 0 Å². The van der Waals surface area contributed by atoms with Crippen molar-refractivity contribution in [3.8, 4) is 0 Å². The van der Waals surface area contributed by atoms with E-state index in [1.165, 1.54) is 0 Å². The van der Waals surface area contributed by atoms with E-state index in [1.807, 2.05) is 54.6 Å². The fourth-order valence-corrected chi connectivity index (χ4v) is 1.72. The molecule has 0 aliphatic heterocycles. The summed E-state index contributed by atoms with van der Waals surface area (Å²) in [6.07, 6.45) is 3.31. The Kier molecular flexibility index (Phi) is 3.98. The number of benzene rings is 2. The van der Waals surface area contributed by atoms with Crippen molar-refractivity contribution in [1.29, 1.82) is 0 Å². The molecule has 2 rings (SSSR count). The Hall–Kier alpha value is -2.55. The molecule has 0 fully saturated rings. The van der Waals surface area contributed by atoms with Gasteiger partial charge in [0.25, 0.3) is 5.91 Å². The second-order valence-electron chi connectivity index (χ2n) is 4.24. The van der Waals surface area contributed by atoms with Gasteiger partial charge in [0.2, 0.25) is 0 Å². The molecule has 0 atom stereocenters. The smallest absolute Gasteiger partial charge is 0.250 e. The predicted molar refractivity (Wildman–Crippen MR) is 79.7 cm³/mol. The number of anilines is 2. The average molecular weight is 252 g/mol. The lowest BCUT2D eigenvalue weighted by atomic mass is 10.2. The van der Waals surface area contributed by atoms with Gasteiger partial charge in [-0.15, -0.1) is 0 Å². The van der Waals surface area contributed by atoms with Crippen molar-refractivity contribution in [1.82, 2.24) is 0 Å². The third kappa shape index (κ3) is 3.45. The van der Waals surface area contributed by atoms with Crippen LogP contribution in [0, 0.1) is 0 Å². The summed E-state index contributed by atoms with van der Waals surface area (Å²) in [5, 5.41) is 0. The summed E-state index contributed by atoms with van der Waals surface area (Å²) in [6.45, 7) is 0. The summed E-state index contributed by atoms with van der Waals surface area (Å²) >= 11 is 0. The van der Waals surface area contributed by atoms with Gasteiger partial charge < -0.3 is 10.6 Å². The molecule has 0 spiro atoms. The van der Waals surface area contributed by atoms with Crippen molar-refractivity contribution in [2.24, 2.45) is 0 Å². The number of hydrogen-bond donors (Lipinski definition) is 1. The maximum absolute atomic E-state index is 12.0. The number of nitrogens with two attached hydrogens (primary N) is 1. The Morgan fingerprint density at radius 1 is 1.11 bits per heavy atom. The highest BCUT2D eigenvalue weighted by Crippen LogP contribution is 2.12. The lowest BCUT2D eigenvalue weighted by Crippen LogP contribution is -2.23. The van der Waals surface area contributed by atoms with E-state index in [-0.39, 0.29) is 5.91 Å². The fraction of sp³-hybridized carbons (Fsp3) is 0.0625. The van der Waals surface area contributed by atoms with Crippen LogP contribution >= 0.6 is 0 Å². The van der Waals surface area contributed by atoms with E-state index in [1.54, 1.807) is 24.1 Å². The van der Waals surface area contributed by atoms with Crippen molar-refractivity contribution in [2.75, 3.05) is 17.7 Å². The first-order valence-electron chi connectivity index (χ1n) is 6.03. The topological polar surface area (TPSA) is 46.3 Å². The van der Waals surface area contributed by atoms with Crippen LogP contribution in [-0.4, -0.2) is 13.0 Å². The lowest BCUT2D eigenvalue weighted by Gasteiger charge is -2.14. The Labute approximate surface area is 113 Å². The molecule has 96 valence electrons. The minimum absolute atomic E-state index is 0.0753. The van der Waals surface area contributed by atoms with Gasteiger partial charge >= 0.3 is 0 Å². The van der Waals surface area contributed by atoms with Gasteiger partial charge in [-0.1, -0.05) is 30.3 Å². The fourth-order valence-electron chi connectivity index (χ4n) is 1.72. The maximum Gasteiger partial charge on any atom is 0.250 e. The SMILES string of the molecule is CN(C(=O)/C=C/c1cccc(N)c1)c1ccccc1. The van der Waals surface area contributed by atoms with E-state index >= 15 is 0 Å². The second kappa shape index (κ2) is 5.87. The molecule has 2 N–H and O–H groups in total. The molecular formula is C16H16N2O. The van der Waals surface area contributed by atoms with Crippen molar-refractivity contribution in [2.45, 2.75) is 0 Å². The Balaban J connectivity index is 2.09. The lowest BCUT2D eigenvalue weighted by molar-refractivity contribution is -0.113. The Bertz CT molecular complexity index is 591. The third-order valence-corrected chi connectivity index (χ3v) is 2.80. The van der Waals surface area contributed by atoms with Crippen molar-refractivity contribution in [3.05, 3.63) is 66.2 Å². The molecule has 1 amide bonds. The summed E-state index contributed by atoms with van der Waals surface area (Å²) < 4.78 is 0. The van der Waals surface area contributed by atoms with Crippen LogP contribution in [0.2, 0.25) is 0 Å². The molecule has 0 bridgehead atoms. The molecule has 0 saturated carbocycles. The number of para-hydroxylation sites is 1. The molecule has 0 aliphatic rings. The first-order chi connectivity index (χ1) is 9.16. The minimum Gasteiger partial charge on any atom is -0.399 e. The normalized spacial score (nSPS) is 10.6. The molecule has 0 aromatic heterocycles. The summed E-state index contributed by atoms with van der Waals surface area (Å²) in [5.41, 5.74) is 8.15. The van der Waals surface area contributed by atoms with E-state index in [0.29, 0.717) is 5.69 Å². The number of carbonyl (C=O) groups excluding carboxylic acids is 1. The molecule has 0 aliphatic carbocycles. The first kappa shape index (κ1) is 12.9. The number of hydrogen-bond acceptors (Lipinski definition) is 2. The summed E-state index contributed by atoms with van der Waals surface area (Å²) in [4.78, 5) is 13.6. The Morgan fingerprint density at radius 2 is 1.84 bits per heavy atom. The highest BCUT2D eigenvalue weighted by Gasteiger charge is 2.06. The number of likely N-dealkylation sites (N-methyl/N-ethyl adjacent to an activating group) is 1. The van der Waals surface area contributed by atoms with Crippen LogP contribution in [0.1, 0.15) is 5.56 Å². The standard InChI is InChI=1S/C16H16N2O/c1-18(15-8-3-2-4-9-15)16(19)11-10-13-6-5-7-14(17)12-13/h2-12H,17H2,1H3/b11-10+. The number of carbonyl (C=O) groups is 1. The molecule has 3 heteroatoms. The van der Waals surface area contributed by atoms with Gasteiger partial charge in [0.05, 0.1) is 0 Å². The van der Waals surface area contributed by atoms with Gasteiger partial charge in [0.15, 0.2) is 0 Å². The number of amides is 1. The van der Waals surface area contributed by atoms with Gasteiger partial charge in [-0.05, 0) is 35.9 Å². The molecule has 2 aromatic carbocycles. The van der Waals surface area contributed by atoms with E-state index in [4.69, 9.17) is 5.73 Å². The van der Waals surface area contributed by atoms with Crippen LogP contribution in [0.5, 0.6) is 0 Å². The zero-order valence-corrected chi connectivity index (χ0v) is 10.8. The molecule has 2 aromatic rings. The van der Waals surface area contributed by atoms with Crippen LogP contribution in [0.4, 0.5) is 11.4 Å². The van der Waals surface area contributed by atoms with E-state index in [2.05, 4.69) is 0 Å². The quantitative estimate of drug-likeness (QED) is 0.674. The van der Waals surface area contributed by atoms with Crippen LogP contribution < -0.4 is 10.6 Å². The van der Waals surface area contributed by atoms with E-state index in [0.717, 1.165) is 11.3 Å². The maximum atomic E-state index is 12.0. The van der Waals surface area contributed by atoms with Crippen LogP contribution in [0.25, 0.3) is 6.08 Å². The second-order valence-corrected chi connectivity index (χ2v) is 4.24. The van der Waals surface area contributed by atoms with Gasteiger partial charge in [0, 0.05) is 24.5 Å². The van der Waals surface area contributed by atoms with Gasteiger partial charge in [-0.2, -0.15) is 0 Å². The van der Waals surface area contributed by atoms with Crippen molar-refractivity contribution in [3.63, 3.8) is 0 Å². The number of rotatable bonds is 3. The van der Waals surface area contributed by atoms with Crippen LogP contribution in [-0.2, 0) is 4.79 Å². The van der Waals surface area contributed by atoms with Crippen molar-refractivity contribution < 1.29 is 4.79 Å². The molecule has 0 radical (unpaired) electrons. The molecule has 0 unspecified atom stereocenters. The predicted octanol–water partition coefficient (Wildman–Crippen LogP) is 2.95. The molecule has 0 saturated heterocycles. The number of nitrogens with zero attached hydrogens (tertiary/aromatic N) is 1. The number of nitrogen functional groups attached to an aromatic ring is 1. The van der Waals surface area contributed by atoms with E-state index in [9.17, 15) is 4.79 Å². The molecule has 3 nitrogen and oxygen atoms in total. The zero-order valence-electron chi connectivity index (χ0n) is 10.8. The van der Waals surface area contributed by atoms with E-state index < -0.39 is 0 Å². The Morgan fingerprint density at radius 3 is 2.53 bits per heavy atom. The van der Waals surface area contributed by atoms with Gasteiger partial charge in [-0.25, -0.2) is 0 Å². The van der Waals surface area contributed by atoms with Crippen LogP contribution in [0.15, 0.2) is 60.7 Å². The first-order valence-corrected chi connectivity index (χ1v) is 6.03. The van der Waals surface area contributed by atoms with Crippen molar-refractivity contribution >= 4 is 23.4 Å². The summed E-state index contributed by atoms with van der Waals surface area (Å²) in [5.74, 6) is -0.0753. The molecular weight excluding hydrogens is 236 g/mol. The monoisotopic (exact) mass is 252 g/mol. The molecule has 19 heavy (non-hydrogen) atoms. The minimum atomic E-state index is -0.0753. The highest BCUT2D eigenvalue weighted by atomic mass is 16.2. The summed E-state index contributed by atoms with van der Waals surface area (Å²) in [6, 6.07) is 16.9. The third-order valence-electron chi connectivity index (χ3n) is 2.80. The van der Waals surface area contributed by atoms with Gasteiger partial charge in [-0.3, -0.25) is 4.79 Å². The highest BCUT2D eigenvalue weighted by molar-refractivity contribution is 6.03. The molecule has 0 heterocycles.